The van der Waals surface area contributed by atoms with E-state index in [1.54, 1.807) is 11.3 Å². The third kappa shape index (κ3) is 2.41. The smallest absolute Gasteiger partial charge is 0.219 e. The van der Waals surface area contributed by atoms with E-state index in [4.69, 9.17) is 5.73 Å². The molecule has 5 nitrogen and oxygen atoms in total. The molecule has 0 radical (unpaired) electrons. The summed E-state index contributed by atoms with van der Waals surface area (Å²) in [6, 6.07) is 4.12. The quantitative estimate of drug-likeness (QED) is 0.879. The number of thiophene rings is 1. The van der Waals surface area contributed by atoms with Crippen LogP contribution < -0.4 is 11.1 Å². The second-order valence-electron chi connectivity index (χ2n) is 4.62. The van der Waals surface area contributed by atoms with Crippen molar-refractivity contribution in [3.8, 4) is 10.6 Å². The van der Waals surface area contributed by atoms with Crippen LogP contribution in [0.2, 0.25) is 0 Å². The predicted octanol–water partition coefficient (Wildman–Crippen LogP) is 1.13. The van der Waals surface area contributed by atoms with Gasteiger partial charge < -0.3 is 11.1 Å². The van der Waals surface area contributed by atoms with Crippen LogP contribution in [0.15, 0.2) is 17.5 Å². The van der Waals surface area contributed by atoms with Gasteiger partial charge in [0, 0.05) is 43.7 Å². The number of fused-ring (bicyclic) bond motifs is 1. The molecule has 0 bridgehead atoms. The van der Waals surface area contributed by atoms with E-state index in [2.05, 4.69) is 21.9 Å². The number of hydrogen-bond acceptors (Lipinski definition) is 4. The third-order valence-corrected chi connectivity index (χ3v) is 4.21. The van der Waals surface area contributed by atoms with Crippen molar-refractivity contribution < 1.29 is 4.79 Å². The van der Waals surface area contributed by atoms with Gasteiger partial charge in [0.15, 0.2) is 0 Å². The number of carbonyl (C=O) groups excluding carboxylic acids is 1. The van der Waals surface area contributed by atoms with E-state index in [-0.39, 0.29) is 5.91 Å². The zero-order chi connectivity index (χ0) is 13.2. The first-order chi connectivity index (χ1) is 9.25. The molecule has 3 heterocycles. The molecular formula is C13H16N4OS. The molecule has 2 aromatic rings. The van der Waals surface area contributed by atoms with Gasteiger partial charge in [-0.25, -0.2) is 0 Å². The van der Waals surface area contributed by atoms with Crippen molar-refractivity contribution in [2.45, 2.75) is 25.9 Å². The van der Waals surface area contributed by atoms with Crippen molar-refractivity contribution in [2.75, 3.05) is 6.54 Å². The number of nitrogens with one attached hydrogen (secondary N) is 1. The van der Waals surface area contributed by atoms with E-state index in [1.807, 2.05) is 10.7 Å². The van der Waals surface area contributed by atoms with Crippen LogP contribution in [0.1, 0.15) is 17.7 Å². The third-order valence-electron chi connectivity index (χ3n) is 3.33. The summed E-state index contributed by atoms with van der Waals surface area (Å²) in [4.78, 5) is 12.1. The maximum Gasteiger partial charge on any atom is 0.219 e. The topological polar surface area (TPSA) is 72.9 Å². The Morgan fingerprint density at radius 2 is 2.47 bits per heavy atom. The van der Waals surface area contributed by atoms with Crippen molar-refractivity contribution in [3.63, 3.8) is 0 Å². The van der Waals surface area contributed by atoms with Crippen molar-refractivity contribution in [2.24, 2.45) is 5.73 Å². The SMILES string of the molecule is NC(=O)CCn1nc(-c2cccs2)c2c1CCNC2. The molecule has 0 atom stereocenters. The Balaban J connectivity index is 1.99. The number of nitrogens with zero attached hydrogens (tertiary/aromatic N) is 2. The lowest BCUT2D eigenvalue weighted by Crippen LogP contribution is -2.25. The number of hydrogen-bond donors (Lipinski definition) is 2. The summed E-state index contributed by atoms with van der Waals surface area (Å²) in [7, 11) is 0. The van der Waals surface area contributed by atoms with Crippen molar-refractivity contribution >= 4 is 17.2 Å². The minimum absolute atomic E-state index is 0.282. The van der Waals surface area contributed by atoms with Crippen LogP contribution in [-0.4, -0.2) is 22.2 Å². The van der Waals surface area contributed by atoms with E-state index in [0.717, 1.165) is 25.2 Å². The Bertz CT molecular complexity index is 588. The molecule has 0 saturated carbocycles. The van der Waals surface area contributed by atoms with Crippen molar-refractivity contribution in [3.05, 3.63) is 28.8 Å². The first-order valence-corrected chi connectivity index (χ1v) is 7.25. The second-order valence-corrected chi connectivity index (χ2v) is 5.57. The Morgan fingerprint density at radius 1 is 1.58 bits per heavy atom. The van der Waals surface area contributed by atoms with Gasteiger partial charge in [-0.15, -0.1) is 11.3 Å². The molecule has 0 spiro atoms. The molecule has 1 aliphatic rings. The number of rotatable bonds is 4. The number of aromatic nitrogens is 2. The van der Waals surface area contributed by atoms with Gasteiger partial charge in [-0.2, -0.15) is 5.10 Å². The predicted molar refractivity (Wildman–Crippen MR) is 74.8 cm³/mol. The summed E-state index contributed by atoms with van der Waals surface area (Å²) < 4.78 is 1.95. The highest BCUT2D eigenvalue weighted by molar-refractivity contribution is 7.13. The molecule has 0 aliphatic carbocycles. The van der Waals surface area contributed by atoms with E-state index in [1.165, 1.54) is 16.1 Å². The maximum absolute atomic E-state index is 10.9. The van der Waals surface area contributed by atoms with E-state index >= 15 is 0 Å². The first-order valence-electron chi connectivity index (χ1n) is 6.37. The zero-order valence-electron chi connectivity index (χ0n) is 10.6. The van der Waals surface area contributed by atoms with Crippen molar-refractivity contribution in [1.82, 2.24) is 15.1 Å². The molecule has 0 fully saturated rings. The van der Waals surface area contributed by atoms with Gasteiger partial charge >= 0.3 is 0 Å². The van der Waals surface area contributed by atoms with Gasteiger partial charge in [-0.05, 0) is 11.4 Å². The Kier molecular flexibility index (Phi) is 3.35. The van der Waals surface area contributed by atoms with Crippen LogP contribution >= 0.6 is 11.3 Å². The average molecular weight is 276 g/mol. The Labute approximate surface area is 115 Å². The molecule has 3 rings (SSSR count). The standard InChI is InChI=1S/C13H16N4OS/c14-12(18)4-6-17-10-3-5-15-8-9(10)13(16-17)11-2-1-7-19-11/h1-2,7,15H,3-6,8H2,(H2,14,18). The Morgan fingerprint density at radius 3 is 3.21 bits per heavy atom. The van der Waals surface area contributed by atoms with Gasteiger partial charge in [-0.3, -0.25) is 9.48 Å². The van der Waals surface area contributed by atoms with E-state index in [0.29, 0.717) is 13.0 Å². The largest absolute Gasteiger partial charge is 0.370 e. The van der Waals surface area contributed by atoms with Gasteiger partial charge in [-0.1, -0.05) is 6.07 Å². The minimum Gasteiger partial charge on any atom is -0.370 e. The summed E-state index contributed by atoms with van der Waals surface area (Å²) in [6.07, 6.45) is 1.29. The molecule has 1 amide bonds. The van der Waals surface area contributed by atoms with Crippen LogP contribution in [0.3, 0.4) is 0 Å². The number of carbonyl (C=O) groups is 1. The lowest BCUT2D eigenvalue weighted by atomic mass is 10.1. The fourth-order valence-corrected chi connectivity index (χ4v) is 3.17. The number of primary amides is 1. The summed E-state index contributed by atoms with van der Waals surface area (Å²) >= 11 is 1.69. The highest BCUT2D eigenvalue weighted by Crippen LogP contribution is 2.30. The van der Waals surface area contributed by atoms with Gasteiger partial charge in [0.1, 0.15) is 5.69 Å². The highest BCUT2D eigenvalue weighted by Gasteiger charge is 2.21. The maximum atomic E-state index is 10.9. The molecule has 2 aromatic heterocycles. The lowest BCUT2D eigenvalue weighted by molar-refractivity contribution is -0.118. The minimum atomic E-state index is -0.282. The highest BCUT2D eigenvalue weighted by atomic mass is 32.1. The molecular weight excluding hydrogens is 260 g/mol. The monoisotopic (exact) mass is 276 g/mol. The first kappa shape index (κ1) is 12.4. The summed E-state index contributed by atoms with van der Waals surface area (Å²) in [5.74, 6) is -0.282. The van der Waals surface area contributed by atoms with Gasteiger partial charge in [0.05, 0.1) is 4.88 Å². The van der Waals surface area contributed by atoms with E-state index in [9.17, 15) is 4.79 Å². The molecule has 3 N–H and O–H groups in total. The van der Waals surface area contributed by atoms with Crippen LogP contribution in [0.5, 0.6) is 0 Å². The molecule has 0 unspecified atom stereocenters. The molecule has 0 aromatic carbocycles. The van der Waals surface area contributed by atoms with Crippen LogP contribution in [0.25, 0.3) is 10.6 Å². The van der Waals surface area contributed by atoms with Crippen molar-refractivity contribution in [1.29, 1.82) is 0 Å². The summed E-state index contributed by atoms with van der Waals surface area (Å²) in [5, 5.41) is 10.1. The van der Waals surface area contributed by atoms with Crippen LogP contribution in [0.4, 0.5) is 0 Å². The number of aryl methyl sites for hydroxylation is 1. The number of nitrogens with two attached hydrogens (primary N) is 1. The summed E-state index contributed by atoms with van der Waals surface area (Å²) in [6.45, 7) is 2.38. The Hall–Kier alpha value is -1.66. The van der Waals surface area contributed by atoms with Crippen LogP contribution in [-0.2, 0) is 24.3 Å². The van der Waals surface area contributed by atoms with E-state index < -0.39 is 0 Å². The molecule has 100 valence electrons. The molecule has 1 aliphatic heterocycles. The molecule has 6 heteroatoms. The van der Waals surface area contributed by atoms with Gasteiger partial charge in [0.25, 0.3) is 0 Å². The lowest BCUT2D eigenvalue weighted by Gasteiger charge is -2.15. The van der Waals surface area contributed by atoms with Crippen LogP contribution in [0, 0.1) is 0 Å². The fourth-order valence-electron chi connectivity index (χ4n) is 2.43. The summed E-state index contributed by atoms with van der Waals surface area (Å²) in [5.41, 5.74) is 8.77. The molecule has 0 saturated heterocycles. The normalized spacial score (nSPS) is 14.3. The average Bonchev–Trinajstić information content (AvgIpc) is 3.03. The molecule has 19 heavy (non-hydrogen) atoms. The van der Waals surface area contributed by atoms with Gasteiger partial charge in [0.2, 0.25) is 5.91 Å². The fraction of sp³-hybridized carbons (Fsp3) is 0.385. The number of amides is 1. The zero-order valence-corrected chi connectivity index (χ0v) is 11.4. The second kappa shape index (κ2) is 5.14.